The number of anilines is 1. The summed E-state index contributed by atoms with van der Waals surface area (Å²) in [5, 5.41) is 8.20. The number of aryl methyl sites for hydroxylation is 1. The number of aromatic nitrogens is 2. The lowest BCUT2D eigenvalue weighted by atomic mass is 9.89. The third kappa shape index (κ3) is 4.14. The van der Waals surface area contributed by atoms with E-state index in [-0.39, 0.29) is 11.8 Å². The highest BCUT2D eigenvalue weighted by atomic mass is 35.5. The van der Waals surface area contributed by atoms with E-state index in [0.717, 1.165) is 42.0 Å². The number of benzene rings is 1. The summed E-state index contributed by atoms with van der Waals surface area (Å²) in [6.45, 7) is 2.64. The molecule has 0 aliphatic heterocycles. The second kappa shape index (κ2) is 7.18. The monoisotopic (exact) mass is 331 g/mol. The van der Waals surface area contributed by atoms with E-state index in [1.54, 1.807) is 0 Å². The van der Waals surface area contributed by atoms with E-state index in [2.05, 4.69) is 10.4 Å². The van der Waals surface area contributed by atoms with Crippen molar-refractivity contribution in [2.45, 2.75) is 45.6 Å². The first-order valence-corrected chi connectivity index (χ1v) is 8.59. The molecule has 0 saturated heterocycles. The molecule has 1 aliphatic rings. The molecule has 5 heteroatoms. The topological polar surface area (TPSA) is 46.9 Å². The predicted molar refractivity (Wildman–Crippen MR) is 92.7 cm³/mol. The quantitative estimate of drug-likeness (QED) is 0.901. The second-order valence-electron chi connectivity index (χ2n) is 6.28. The second-order valence-corrected chi connectivity index (χ2v) is 6.72. The summed E-state index contributed by atoms with van der Waals surface area (Å²) in [7, 11) is 0. The Kier molecular flexibility index (Phi) is 5.01. The smallest absolute Gasteiger partial charge is 0.228 e. The van der Waals surface area contributed by atoms with Gasteiger partial charge in [-0.05, 0) is 37.5 Å². The van der Waals surface area contributed by atoms with Crippen molar-refractivity contribution in [3.8, 4) is 0 Å². The van der Waals surface area contributed by atoms with Crippen LogP contribution in [0.5, 0.6) is 0 Å². The van der Waals surface area contributed by atoms with Crippen LogP contribution in [0.3, 0.4) is 0 Å². The van der Waals surface area contributed by atoms with E-state index in [1.807, 2.05) is 41.9 Å². The maximum Gasteiger partial charge on any atom is 0.228 e. The predicted octanol–water partition coefficient (Wildman–Crippen LogP) is 4.41. The van der Waals surface area contributed by atoms with Gasteiger partial charge < -0.3 is 5.32 Å². The summed E-state index contributed by atoms with van der Waals surface area (Å²) in [4.78, 5) is 12.3. The molecule has 1 aromatic heterocycles. The minimum atomic E-state index is 0.108. The van der Waals surface area contributed by atoms with E-state index in [1.165, 1.54) is 6.42 Å². The zero-order chi connectivity index (χ0) is 16.2. The zero-order valence-electron chi connectivity index (χ0n) is 13.4. The number of rotatable bonds is 4. The van der Waals surface area contributed by atoms with Crippen LogP contribution in [0.2, 0.25) is 5.02 Å². The largest absolute Gasteiger partial charge is 0.309 e. The average molecular weight is 332 g/mol. The van der Waals surface area contributed by atoms with Crippen molar-refractivity contribution in [1.29, 1.82) is 0 Å². The van der Waals surface area contributed by atoms with Gasteiger partial charge in [-0.1, -0.05) is 43.0 Å². The van der Waals surface area contributed by atoms with Crippen molar-refractivity contribution in [1.82, 2.24) is 9.78 Å². The molecule has 0 bridgehead atoms. The zero-order valence-corrected chi connectivity index (χ0v) is 14.1. The average Bonchev–Trinajstić information content (AvgIpc) is 2.87. The highest BCUT2D eigenvalue weighted by Crippen LogP contribution is 2.25. The van der Waals surface area contributed by atoms with Crippen molar-refractivity contribution in [3.63, 3.8) is 0 Å². The van der Waals surface area contributed by atoms with Gasteiger partial charge >= 0.3 is 0 Å². The summed E-state index contributed by atoms with van der Waals surface area (Å²) >= 11 is 6.02. The van der Waals surface area contributed by atoms with Crippen LogP contribution in [0.25, 0.3) is 0 Å². The SMILES string of the molecule is Cc1cc(NC(=O)C2CCCCC2)nn1Cc1cccc(Cl)c1. The molecule has 1 amide bonds. The van der Waals surface area contributed by atoms with Crippen LogP contribution in [0.4, 0.5) is 5.82 Å². The third-order valence-electron chi connectivity index (χ3n) is 4.43. The van der Waals surface area contributed by atoms with E-state index in [0.29, 0.717) is 12.4 Å². The van der Waals surface area contributed by atoms with Crippen LogP contribution in [0.15, 0.2) is 30.3 Å². The van der Waals surface area contributed by atoms with Gasteiger partial charge in [0.2, 0.25) is 5.91 Å². The molecule has 1 fully saturated rings. The van der Waals surface area contributed by atoms with E-state index in [4.69, 9.17) is 11.6 Å². The molecule has 23 heavy (non-hydrogen) atoms. The number of hydrogen-bond donors (Lipinski definition) is 1. The lowest BCUT2D eigenvalue weighted by Gasteiger charge is -2.19. The minimum absolute atomic E-state index is 0.108. The molecule has 0 spiro atoms. The van der Waals surface area contributed by atoms with Gasteiger partial charge in [0, 0.05) is 22.7 Å². The van der Waals surface area contributed by atoms with Gasteiger partial charge in [0.1, 0.15) is 0 Å². The Bertz CT molecular complexity index is 689. The Morgan fingerprint density at radius 2 is 2.09 bits per heavy atom. The maximum atomic E-state index is 12.3. The van der Waals surface area contributed by atoms with Crippen LogP contribution in [0, 0.1) is 12.8 Å². The molecule has 122 valence electrons. The summed E-state index contributed by atoms with van der Waals surface area (Å²) in [6, 6.07) is 9.67. The number of nitrogens with zero attached hydrogens (tertiary/aromatic N) is 2. The first kappa shape index (κ1) is 16.1. The highest BCUT2D eigenvalue weighted by Gasteiger charge is 2.21. The minimum Gasteiger partial charge on any atom is -0.309 e. The van der Waals surface area contributed by atoms with E-state index < -0.39 is 0 Å². The molecule has 0 atom stereocenters. The van der Waals surface area contributed by atoms with Crippen molar-refractivity contribution < 1.29 is 4.79 Å². The molecule has 4 nitrogen and oxygen atoms in total. The molecule has 1 aliphatic carbocycles. The molecule has 2 aromatic rings. The number of nitrogens with one attached hydrogen (secondary N) is 1. The number of carbonyl (C=O) groups excluding carboxylic acids is 1. The molecule has 0 unspecified atom stereocenters. The highest BCUT2D eigenvalue weighted by molar-refractivity contribution is 6.30. The summed E-state index contributed by atoms with van der Waals surface area (Å²) in [6.07, 6.45) is 5.54. The fraction of sp³-hybridized carbons (Fsp3) is 0.444. The lowest BCUT2D eigenvalue weighted by molar-refractivity contribution is -0.120. The molecule has 1 heterocycles. The Hall–Kier alpha value is -1.81. The first-order valence-electron chi connectivity index (χ1n) is 8.21. The Balaban J connectivity index is 1.67. The first-order chi connectivity index (χ1) is 11.1. The lowest BCUT2D eigenvalue weighted by Crippen LogP contribution is -2.25. The van der Waals surface area contributed by atoms with Gasteiger partial charge in [-0.3, -0.25) is 9.48 Å². The number of halogens is 1. The molecule has 3 rings (SSSR count). The van der Waals surface area contributed by atoms with Gasteiger partial charge in [-0.25, -0.2) is 0 Å². The fourth-order valence-electron chi connectivity index (χ4n) is 3.13. The van der Waals surface area contributed by atoms with Crippen LogP contribution >= 0.6 is 11.6 Å². The third-order valence-corrected chi connectivity index (χ3v) is 4.66. The van der Waals surface area contributed by atoms with Gasteiger partial charge in [0.15, 0.2) is 5.82 Å². The standard InChI is InChI=1S/C18H22ClN3O/c1-13-10-17(20-18(23)15-7-3-2-4-8-15)21-22(13)12-14-6-5-9-16(19)11-14/h5-6,9-11,15H,2-4,7-8,12H2,1H3,(H,20,21,23). The molecule has 1 aromatic carbocycles. The molecular weight excluding hydrogens is 310 g/mol. The van der Waals surface area contributed by atoms with Crippen LogP contribution in [-0.2, 0) is 11.3 Å². The summed E-state index contributed by atoms with van der Waals surface area (Å²) < 4.78 is 1.89. The van der Waals surface area contributed by atoms with Gasteiger partial charge in [0.25, 0.3) is 0 Å². The Morgan fingerprint density at radius 1 is 1.30 bits per heavy atom. The number of amides is 1. The molecular formula is C18H22ClN3O. The van der Waals surface area contributed by atoms with Crippen LogP contribution in [0.1, 0.15) is 43.4 Å². The Labute approximate surface area is 141 Å². The normalized spacial score (nSPS) is 15.6. The van der Waals surface area contributed by atoms with Gasteiger partial charge in [0.05, 0.1) is 6.54 Å². The number of carbonyl (C=O) groups is 1. The molecule has 0 radical (unpaired) electrons. The fourth-order valence-corrected chi connectivity index (χ4v) is 3.35. The summed E-state index contributed by atoms with van der Waals surface area (Å²) in [5.74, 6) is 0.888. The van der Waals surface area contributed by atoms with E-state index in [9.17, 15) is 4.79 Å². The van der Waals surface area contributed by atoms with Crippen molar-refractivity contribution >= 4 is 23.3 Å². The van der Waals surface area contributed by atoms with Crippen molar-refractivity contribution in [2.24, 2.45) is 5.92 Å². The Morgan fingerprint density at radius 3 is 2.83 bits per heavy atom. The molecule has 1 N–H and O–H groups in total. The van der Waals surface area contributed by atoms with Gasteiger partial charge in [-0.2, -0.15) is 5.10 Å². The van der Waals surface area contributed by atoms with Crippen LogP contribution in [-0.4, -0.2) is 15.7 Å². The number of hydrogen-bond acceptors (Lipinski definition) is 2. The maximum absolute atomic E-state index is 12.3. The van der Waals surface area contributed by atoms with Crippen LogP contribution < -0.4 is 5.32 Å². The summed E-state index contributed by atoms with van der Waals surface area (Å²) in [5.41, 5.74) is 2.11. The van der Waals surface area contributed by atoms with E-state index >= 15 is 0 Å². The van der Waals surface area contributed by atoms with Crippen molar-refractivity contribution in [3.05, 3.63) is 46.6 Å². The van der Waals surface area contributed by atoms with Crippen molar-refractivity contribution in [2.75, 3.05) is 5.32 Å². The van der Waals surface area contributed by atoms with Gasteiger partial charge in [-0.15, -0.1) is 0 Å². The molecule has 1 saturated carbocycles.